The molecule has 0 saturated carbocycles. The highest BCUT2D eigenvalue weighted by molar-refractivity contribution is 5.78. The van der Waals surface area contributed by atoms with Gasteiger partial charge in [-0.1, -0.05) is 43.7 Å². The molecule has 0 spiro atoms. The standard InChI is InChI=1S/C14H18F3NO2/c1-3-9-13(2,12(19)20)18-11(14(15,16)17)10-7-5-4-6-8-10/h4-8,11,18H,3,9H2,1-2H3,(H,19,20)/t11-,13?/m0/s1. The van der Waals surface area contributed by atoms with E-state index in [1.807, 2.05) is 0 Å². The number of nitrogens with one attached hydrogen (secondary N) is 1. The Hall–Kier alpha value is -1.56. The molecule has 0 aliphatic heterocycles. The number of alkyl halides is 3. The summed E-state index contributed by atoms with van der Waals surface area (Å²) in [6.07, 6.45) is -3.98. The first kappa shape index (κ1) is 16.5. The number of hydrogen-bond donors (Lipinski definition) is 2. The molecule has 112 valence electrons. The smallest absolute Gasteiger partial charge is 0.407 e. The van der Waals surface area contributed by atoms with Crippen LogP contribution < -0.4 is 5.32 Å². The van der Waals surface area contributed by atoms with Crippen molar-refractivity contribution >= 4 is 5.97 Å². The highest BCUT2D eigenvalue weighted by Gasteiger charge is 2.46. The van der Waals surface area contributed by atoms with Gasteiger partial charge in [0.25, 0.3) is 0 Å². The molecular weight excluding hydrogens is 271 g/mol. The summed E-state index contributed by atoms with van der Waals surface area (Å²) in [6.45, 7) is 3.01. The second-order valence-electron chi connectivity index (χ2n) is 4.92. The lowest BCUT2D eigenvalue weighted by Gasteiger charge is -2.32. The van der Waals surface area contributed by atoms with Gasteiger partial charge in [-0.05, 0) is 18.9 Å². The molecular formula is C14H18F3NO2. The Morgan fingerprint density at radius 3 is 2.25 bits per heavy atom. The first-order valence-electron chi connectivity index (χ1n) is 6.33. The zero-order valence-electron chi connectivity index (χ0n) is 11.4. The van der Waals surface area contributed by atoms with E-state index in [9.17, 15) is 23.1 Å². The molecule has 0 aromatic heterocycles. The van der Waals surface area contributed by atoms with Gasteiger partial charge in [-0.2, -0.15) is 13.2 Å². The molecule has 0 heterocycles. The van der Waals surface area contributed by atoms with E-state index >= 15 is 0 Å². The Morgan fingerprint density at radius 1 is 1.30 bits per heavy atom. The Balaban J connectivity index is 3.11. The minimum Gasteiger partial charge on any atom is -0.480 e. The Morgan fingerprint density at radius 2 is 1.85 bits per heavy atom. The van der Waals surface area contributed by atoms with Gasteiger partial charge >= 0.3 is 12.1 Å². The van der Waals surface area contributed by atoms with Crippen molar-refractivity contribution in [2.24, 2.45) is 0 Å². The predicted octanol–water partition coefficient (Wildman–Crippen LogP) is 3.52. The van der Waals surface area contributed by atoms with E-state index in [4.69, 9.17) is 0 Å². The lowest BCUT2D eigenvalue weighted by Crippen LogP contribution is -2.54. The zero-order chi connectivity index (χ0) is 15.4. The molecule has 1 aromatic carbocycles. The summed E-state index contributed by atoms with van der Waals surface area (Å²) < 4.78 is 39.6. The lowest BCUT2D eigenvalue weighted by molar-refractivity contribution is -0.168. The number of benzene rings is 1. The highest BCUT2D eigenvalue weighted by atomic mass is 19.4. The van der Waals surface area contributed by atoms with Gasteiger partial charge < -0.3 is 5.11 Å². The Bertz CT molecular complexity index is 447. The van der Waals surface area contributed by atoms with Gasteiger partial charge in [-0.3, -0.25) is 10.1 Å². The van der Waals surface area contributed by atoms with E-state index < -0.39 is 23.7 Å². The van der Waals surface area contributed by atoms with E-state index in [-0.39, 0.29) is 12.0 Å². The van der Waals surface area contributed by atoms with Crippen LogP contribution in [0.15, 0.2) is 30.3 Å². The third-order valence-electron chi connectivity index (χ3n) is 3.15. The number of carboxylic acids is 1. The molecule has 0 aliphatic carbocycles. The molecule has 3 nitrogen and oxygen atoms in total. The molecule has 0 amide bonds. The molecule has 2 atom stereocenters. The van der Waals surface area contributed by atoms with Crippen molar-refractivity contribution in [1.82, 2.24) is 5.32 Å². The van der Waals surface area contributed by atoms with Gasteiger partial charge in [0.05, 0.1) is 0 Å². The zero-order valence-corrected chi connectivity index (χ0v) is 11.4. The van der Waals surface area contributed by atoms with Crippen molar-refractivity contribution in [3.8, 4) is 0 Å². The average Bonchev–Trinajstić information content (AvgIpc) is 2.36. The van der Waals surface area contributed by atoms with Crippen LogP contribution in [-0.4, -0.2) is 22.8 Å². The second-order valence-corrected chi connectivity index (χ2v) is 4.92. The number of carbonyl (C=O) groups is 1. The first-order valence-corrected chi connectivity index (χ1v) is 6.33. The summed E-state index contributed by atoms with van der Waals surface area (Å²) in [4.78, 5) is 11.3. The number of carboxylic acid groups (broad SMARTS) is 1. The molecule has 1 rings (SSSR count). The summed E-state index contributed by atoms with van der Waals surface area (Å²) in [5.74, 6) is -1.29. The summed E-state index contributed by atoms with van der Waals surface area (Å²) in [7, 11) is 0. The van der Waals surface area contributed by atoms with Crippen molar-refractivity contribution < 1.29 is 23.1 Å². The predicted molar refractivity (Wildman–Crippen MR) is 69.3 cm³/mol. The van der Waals surface area contributed by atoms with E-state index in [0.717, 1.165) is 0 Å². The molecule has 0 aliphatic rings. The summed E-state index contributed by atoms with van der Waals surface area (Å²) >= 11 is 0. The van der Waals surface area contributed by atoms with Crippen molar-refractivity contribution in [3.63, 3.8) is 0 Å². The van der Waals surface area contributed by atoms with Gasteiger partial charge in [0.1, 0.15) is 11.6 Å². The fourth-order valence-corrected chi connectivity index (χ4v) is 2.06. The van der Waals surface area contributed by atoms with Crippen LogP contribution in [0.1, 0.15) is 38.3 Å². The number of aliphatic carboxylic acids is 1. The number of rotatable bonds is 6. The van der Waals surface area contributed by atoms with Crippen LogP contribution in [0.25, 0.3) is 0 Å². The Kier molecular flexibility index (Phi) is 5.16. The van der Waals surface area contributed by atoms with Gasteiger partial charge in [-0.15, -0.1) is 0 Å². The molecule has 2 N–H and O–H groups in total. The minimum atomic E-state index is -4.56. The van der Waals surface area contributed by atoms with Crippen LogP contribution in [0.2, 0.25) is 0 Å². The number of halogens is 3. The van der Waals surface area contributed by atoms with Crippen LogP contribution in [0.4, 0.5) is 13.2 Å². The van der Waals surface area contributed by atoms with E-state index in [1.54, 1.807) is 13.0 Å². The summed E-state index contributed by atoms with van der Waals surface area (Å²) in [6, 6.07) is 5.26. The average molecular weight is 289 g/mol. The van der Waals surface area contributed by atoms with Crippen molar-refractivity contribution in [3.05, 3.63) is 35.9 Å². The maximum Gasteiger partial charge on any atom is 0.407 e. The van der Waals surface area contributed by atoms with E-state index in [0.29, 0.717) is 6.42 Å². The largest absolute Gasteiger partial charge is 0.480 e. The third kappa shape index (κ3) is 3.96. The maximum absolute atomic E-state index is 13.2. The molecule has 0 radical (unpaired) electrons. The fraction of sp³-hybridized carbons (Fsp3) is 0.500. The van der Waals surface area contributed by atoms with Gasteiger partial charge in [0, 0.05) is 0 Å². The Labute approximate surface area is 115 Å². The van der Waals surface area contributed by atoms with Crippen LogP contribution in [0.3, 0.4) is 0 Å². The quantitative estimate of drug-likeness (QED) is 0.842. The monoisotopic (exact) mass is 289 g/mol. The van der Waals surface area contributed by atoms with Crippen LogP contribution in [0, 0.1) is 0 Å². The topological polar surface area (TPSA) is 49.3 Å². The van der Waals surface area contributed by atoms with E-state index in [1.165, 1.54) is 31.2 Å². The van der Waals surface area contributed by atoms with Crippen molar-refractivity contribution in [2.45, 2.75) is 44.4 Å². The first-order chi connectivity index (χ1) is 9.20. The number of hydrogen-bond acceptors (Lipinski definition) is 2. The van der Waals surface area contributed by atoms with E-state index in [2.05, 4.69) is 5.32 Å². The molecule has 0 fully saturated rings. The molecule has 0 bridgehead atoms. The second kappa shape index (κ2) is 6.26. The van der Waals surface area contributed by atoms with Crippen molar-refractivity contribution in [1.29, 1.82) is 0 Å². The van der Waals surface area contributed by atoms with Crippen molar-refractivity contribution in [2.75, 3.05) is 0 Å². The maximum atomic E-state index is 13.2. The van der Waals surface area contributed by atoms with Crippen LogP contribution >= 0.6 is 0 Å². The molecule has 6 heteroatoms. The van der Waals surface area contributed by atoms with Gasteiger partial charge in [-0.25, -0.2) is 0 Å². The van der Waals surface area contributed by atoms with Crippen LogP contribution in [0.5, 0.6) is 0 Å². The highest BCUT2D eigenvalue weighted by Crippen LogP contribution is 2.35. The summed E-state index contributed by atoms with van der Waals surface area (Å²) in [5, 5.41) is 11.5. The van der Waals surface area contributed by atoms with Gasteiger partial charge in [0.2, 0.25) is 0 Å². The third-order valence-corrected chi connectivity index (χ3v) is 3.15. The molecule has 1 aromatic rings. The SMILES string of the molecule is CCCC(C)(N[C@@H](c1ccccc1)C(F)(F)F)C(=O)O. The fourth-order valence-electron chi connectivity index (χ4n) is 2.06. The normalized spacial score (nSPS) is 16.4. The minimum absolute atomic E-state index is 0.00331. The lowest BCUT2D eigenvalue weighted by atomic mass is 9.93. The summed E-state index contributed by atoms with van der Waals surface area (Å²) in [5.41, 5.74) is -1.62. The van der Waals surface area contributed by atoms with Gasteiger partial charge in [0.15, 0.2) is 0 Å². The molecule has 20 heavy (non-hydrogen) atoms. The van der Waals surface area contributed by atoms with Crippen LogP contribution in [-0.2, 0) is 4.79 Å². The molecule has 1 unspecified atom stereocenters. The molecule has 0 saturated heterocycles.